The van der Waals surface area contributed by atoms with E-state index in [2.05, 4.69) is 10.4 Å². The van der Waals surface area contributed by atoms with Gasteiger partial charge in [0.1, 0.15) is 10.9 Å². The Morgan fingerprint density at radius 1 is 1.19 bits per heavy atom. The number of ether oxygens (including phenoxy) is 1. The lowest BCUT2D eigenvalue weighted by Gasteiger charge is -2.15. The van der Waals surface area contributed by atoms with Crippen LogP contribution in [0.5, 0.6) is 5.75 Å². The Kier molecular flexibility index (Phi) is 5.81. The fourth-order valence-electron chi connectivity index (χ4n) is 2.87. The largest absolute Gasteiger partial charge is 0.494 e. The van der Waals surface area contributed by atoms with Crippen LogP contribution in [0, 0.1) is 6.92 Å². The minimum absolute atomic E-state index is 0.177. The molecule has 1 unspecified atom stereocenters. The lowest BCUT2D eigenvalue weighted by molar-refractivity contribution is 0.0939. The average Bonchev–Trinajstić information content (AvgIpc) is 2.97. The van der Waals surface area contributed by atoms with Crippen molar-refractivity contribution >= 4 is 17.5 Å². The summed E-state index contributed by atoms with van der Waals surface area (Å²) in [5, 5.41) is 7.71. The lowest BCUT2D eigenvalue weighted by atomic mass is 10.1. The van der Waals surface area contributed by atoms with Gasteiger partial charge in [0.2, 0.25) is 0 Å². The molecule has 1 heterocycles. The number of aromatic nitrogens is 2. The van der Waals surface area contributed by atoms with Crippen molar-refractivity contribution in [2.75, 3.05) is 6.61 Å². The number of halogens is 1. The molecule has 0 saturated heterocycles. The number of carbonyl (C=O) groups excluding carboxylic acids is 1. The predicted molar refractivity (Wildman–Crippen MR) is 107 cm³/mol. The Bertz CT molecular complexity index is 921. The number of rotatable bonds is 6. The Morgan fingerprint density at radius 2 is 1.85 bits per heavy atom. The van der Waals surface area contributed by atoms with Gasteiger partial charge in [0.05, 0.1) is 29.6 Å². The second kappa shape index (κ2) is 8.27. The first-order chi connectivity index (χ1) is 13.0. The van der Waals surface area contributed by atoms with Crippen LogP contribution in [0.4, 0.5) is 0 Å². The molecule has 0 aliphatic carbocycles. The molecule has 1 atom stereocenters. The smallest absolute Gasteiger partial charge is 0.256 e. The van der Waals surface area contributed by atoms with E-state index in [1.165, 1.54) is 0 Å². The van der Waals surface area contributed by atoms with Crippen LogP contribution in [0.1, 0.15) is 41.5 Å². The standard InChI is InChI=1S/C21H22ClN3O2/c1-4-27-18-12-10-16(11-13-18)14(2)23-21(26)19-15(3)24-25(20(19)22)17-8-6-5-7-9-17/h5-14H,4H2,1-3H3,(H,23,26). The molecule has 140 valence electrons. The van der Waals surface area contributed by atoms with Crippen LogP contribution in [-0.2, 0) is 0 Å². The number of aryl methyl sites for hydroxylation is 1. The van der Waals surface area contributed by atoms with Gasteiger partial charge in [-0.25, -0.2) is 4.68 Å². The zero-order valence-corrected chi connectivity index (χ0v) is 16.3. The molecular formula is C21H22ClN3O2. The maximum Gasteiger partial charge on any atom is 0.256 e. The third-order valence-corrected chi connectivity index (χ3v) is 4.62. The van der Waals surface area contributed by atoms with E-state index in [0.717, 1.165) is 17.0 Å². The van der Waals surface area contributed by atoms with Crippen molar-refractivity contribution in [3.63, 3.8) is 0 Å². The number of carbonyl (C=O) groups is 1. The maximum atomic E-state index is 12.8. The fraction of sp³-hybridized carbons (Fsp3) is 0.238. The fourth-order valence-corrected chi connectivity index (χ4v) is 3.23. The summed E-state index contributed by atoms with van der Waals surface area (Å²) in [5.74, 6) is 0.559. The normalized spacial score (nSPS) is 11.9. The first-order valence-electron chi connectivity index (χ1n) is 8.85. The third-order valence-electron chi connectivity index (χ3n) is 4.27. The third kappa shape index (κ3) is 4.14. The Labute approximate surface area is 163 Å². The predicted octanol–water partition coefficient (Wildman–Crippen LogP) is 4.72. The molecule has 6 heteroatoms. The number of hydrogen-bond acceptors (Lipinski definition) is 3. The molecular weight excluding hydrogens is 362 g/mol. The Balaban J connectivity index is 1.79. The van der Waals surface area contributed by atoms with Gasteiger partial charge in [-0.1, -0.05) is 41.9 Å². The van der Waals surface area contributed by atoms with E-state index in [4.69, 9.17) is 16.3 Å². The van der Waals surface area contributed by atoms with Crippen LogP contribution in [0.2, 0.25) is 5.15 Å². The van der Waals surface area contributed by atoms with Crippen molar-refractivity contribution < 1.29 is 9.53 Å². The Morgan fingerprint density at radius 3 is 2.48 bits per heavy atom. The highest BCUT2D eigenvalue weighted by Crippen LogP contribution is 2.25. The molecule has 0 spiro atoms. The summed E-state index contributed by atoms with van der Waals surface area (Å²) in [4.78, 5) is 12.8. The Hall–Kier alpha value is -2.79. The molecule has 27 heavy (non-hydrogen) atoms. The van der Waals surface area contributed by atoms with Crippen LogP contribution in [0.3, 0.4) is 0 Å². The van der Waals surface area contributed by atoms with Crippen LogP contribution >= 0.6 is 11.6 Å². The van der Waals surface area contributed by atoms with E-state index in [1.54, 1.807) is 11.6 Å². The highest BCUT2D eigenvalue weighted by molar-refractivity contribution is 6.33. The van der Waals surface area contributed by atoms with Crippen molar-refractivity contribution in [2.24, 2.45) is 0 Å². The molecule has 0 bridgehead atoms. The van der Waals surface area contributed by atoms with Gasteiger partial charge in [0.15, 0.2) is 0 Å². The second-order valence-electron chi connectivity index (χ2n) is 6.20. The monoisotopic (exact) mass is 383 g/mol. The van der Waals surface area contributed by atoms with Crippen LogP contribution in [0.25, 0.3) is 5.69 Å². The molecule has 0 aliphatic rings. The van der Waals surface area contributed by atoms with Crippen molar-refractivity contribution in [3.8, 4) is 11.4 Å². The van der Waals surface area contributed by atoms with Gasteiger partial charge in [-0.05, 0) is 50.6 Å². The van der Waals surface area contributed by atoms with E-state index >= 15 is 0 Å². The van der Waals surface area contributed by atoms with E-state index in [-0.39, 0.29) is 11.9 Å². The molecule has 3 rings (SSSR count). The number of para-hydroxylation sites is 1. The molecule has 1 N–H and O–H groups in total. The van der Waals surface area contributed by atoms with E-state index in [0.29, 0.717) is 23.0 Å². The summed E-state index contributed by atoms with van der Waals surface area (Å²) in [7, 11) is 0. The summed E-state index contributed by atoms with van der Waals surface area (Å²) >= 11 is 6.47. The number of nitrogens with zero attached hydrogens (tertiary/aromatic N) is 2. The quantitative estimate of drug-likeness (QED) is 0.669. The number of hydrogen-bond donors (Lipinski definition) is 1. The van der Waals surface area contributed by atoms with Gasteiger partial charge in [-0.15, -0.1) is 0 Å². The topological polar surface area (TPSA) is 56.1 Å². The summed E-state index contributed by atoms with van der Waals surface area (Å²) in [6.07, 6.45) is 0. The number of benzene rings is 2. The zero-order chi connectivity index (χ0) is 19.4. The molecule has 3 aromatic rings. The van der Waals surface area contributed by atoms with Gasteiger partial charge in [-0.3, -0.25) is 4.79 Å². The summed E-state index contributed by atoms with van der Waals surface area (Å²) < 4.78 is 7.03. The summed E-state index contributed by atoms with van der Waals surface area (Å²) in [6, 6.07) is 17.0. The second-order valence-corrected chi connectivity index (χ2v) is 6.55. The van der Waals surface area contributed by atoms with E-state index in [1.807, 2.05) is 68.4 Å². The molecule has 1 aromatic heterocycles. The molecule has 1 amide bonds. The van der Waals surface area contributed by atoms with Crippen molar-refractivity contribution in [3.05, 3.63) is 76.6 Å². The minimum Gasteiger partial charge on any atom is -0.494 e. The average molecular weight is 384 g/mol. The van der Waals surface area contributed by atoms with Gasteiger partial charge in [-0.2, -0.15) is 5.10 Å². The van der Waals surface area contributed by atoms with Crippen LogP contribution in [0.15, 0.2) is 54.6 Å². The molecule has 5 nitrogen and oxygen atoms in total. The van der Waals surface area contributed by atoms with Crippen molar-refractivity contribution in [2.45, 2.75) is 26.8 Å². The maximum absolute atomic E-state index is 12.8. The van der Waals surface area contributed by atoms with Crippen molar-refractivity contribution in [1.29, 1.82) is 0 Å². The molecule has 0 fully saturated rings. The van der Waals surface area contributed by atoms with Crippen LogP contribution < -0.4 is 10.1 Å². The minimum atomic E-state index is -0.249. The van der Waals surface area contributed by atoms with E-state index < -0.39 is 0 Å². The lowest BCUT2D eigenvalue weighted by Crippen LogP contribution is -2.27. The first-order valence-corrected chi connectivity index (χ1v) is 9.23. The van der Waals surface area contributed by atoms with Gasteiger partial charge in [0, 0.05) is 0 Å². The number of amides is 1. The number of nitrogens with one attached hydrogen (secondary N) is 1. The van der Waals surface area contributed by atoms with Crippen LogP contribution in [-0.4, -0.2) is 22.3 Å². The highest BCUT2D eigenvalue weighted by Gasteiger charge is 2.22. The van der Waals surface area contributed by atoms with Gasteiger partial charge in [0.25, 0.3) is 5.91 Å². The van der Waals surface area contributed by atoms with Gasteiger partial charge < -0.3 is 10.1 Å². The zero-order valence-electron chi connectivity index (χ0n) is 15.6. The highest BCUT2D eigenvalue weighted by atomic mass is 35.5. The van der Waals surface area contributed by atoms with Crippen molar-refractivity contribution in [1.82, 2.24) is 15.1 Å². The first kappa shape index (κ1) is 19.0. The van der Waals surface area contributed by atoms with E-state index in [9.17, 15) is 4.79 Å². The van der Waals surface area contributed by atoms with Gasteiger partial charge >= 0.3 is 0 Å². The molecule has 0 aliphatic heterocycles. The molecule has 2 aromatic carbocycles. The summed E-state index contributed by atoms with van der Waals surface area (Å²) in [5.41, 5.74) is 2.76. The molecule has 0 saturated carbocycles. The molecule has 0 radical (unpaired) electrons. The SMILES string of the molecule is CCOc1ccc(C(C)NC(=O)c2c(C)nn(-c3ccccc3)c2Cl)cc1. The summed E-state index contributed by atoms with van der Waals surface area (Å²) in [6.45, 7) is 6.27.